The lowest BCUT2D eigenvalue weighted by Gasteiger charge is -2.15. The highest BCUT2D eigenvalue weighted by molar-refractivity contribution is 6.13. The van der Waals surface area contributed by atoms with Crippen LogP contribution in [0.5, 0.6) is 0 Å². The zero-order valence-corrected chi connectivity index (χ0v) is 19.0. The molecule has 3 nitrogen and oxygen atoms in total. The van der Waals surface area contributed by atoms with Gasteiger partial charge in [0.05, 0.1) is 5.71 Å². The van der Waals surface area contributed by atoms with Crippen molar-refractivity contribution in [1.82, 2.24) is 5.32 Å². The minimum atomic E-state index is -0.556. The molecule has 0 aliphatic rings. The molecule has 0 aromatic heterocycles. The maximum absolute atomic E-state index is 13.3. The number of rotatable bonds is 9. The Morgan fingerprint density at radius 1 is 0.706 bits per heavy atom. The summed E-state index contributed by atoms with van der Waals surface area (Å²) in [4.78, 5) is 18.3. The molecule has 0 heterocycles. The molecule has 4 rings (SSSR count). The predicted octanol–water partition coefficient (Wildman–Crippen LogP) is 6.31. The molecule has 1 atom stereocenters. The van der Waals surface area contributed by atoms with E-state index < -0.39 is 6.04 Å². The fraction of sp³-hybridized carbons (Fsp3) is 0.0968. The van der Waals surface area contributed by atoms with Crippen LogP contribution < -0.4 is 5.32 Å². The van der Waals surface area contributed by atoms with Crippen molar-refractivity contribution in [3.63, 3.8) is 0 Å². The van der Waals surface area contributed by atoms with E-state index in [1.807, 2.05) is 133 Å². The largest absolute Gasteiger partial charge is 0.350 e. The molecule has 3 heteroatoms. The normalized spacial score (nSPS) is 11.6. The van der Waals surface area contributed by atoms with Crippen LogP contribution in [0.2, 0.25) is 0 Å². The quantitative estimate of drug-likeness (QED) is 0.302. The monoisotopic (exact) mass is 444 g/mol. The Labute approximate surface area is 201 Å². The first kappa shape index (κ1) is 22.9. The van der Waals surface area contributed by atoms with E-state index in [4.69, 9.17) is 4.99 Å². The highest BCUT2D eigenvalue weighted by atomic mass is 16.2. The highest BCUT2D eigenvalue weighted by Gasteiger charge is 2.18. The molecule has 0 bridgehead atoms. The van der Waals surface area contributed by atoms with Crippen LogP contribution in [0.4, 0.5) is 0 Å². The highest BCUT2D eigenvalue weighted by Crippen LogP contribution is 2.15. The molecule has 0 saturated carbocycles. The lowest BCUT2D eigenvalue weighted by molar-refractivity contribution is -0.122. The second-order valence-electron chi connectivity index (χ2n) is 7.98. The van der Waals surface area contributed by atoms with Gasteiger partial charge in [0.25, 0.3) is 0 Å². The molecule has 4 aromatic rings. The maximum atomic E-state index is 13.3. The van der Waals surface area contributed by atoms with Crippen LogP contribution in [0.3, 0.4) is 0 Å². The number of nitrogens with zero attached hydrogens (tertiary/aromatic N) is 1. The standard InChI is InChI=1S/C31H28N2O/c34-31(32-24-26-16-7-2-8-17-26)29(23-13-18-25-14-5-1-6-15-25)33-30(27-19-9-3-10-20-27)28-21-11-4-12-22-28/h1-22,29H,23-24H2,(H,32,34)/b18-13+/t29-/m0/s1. The Bertz CT molecular complexity index is 1180. The molecule has 0 saturated heterocycles. The third-order valence-electron chi connectivity index (χ3n) is 5.46. The first-order valence-electron chi connectivity index (χ1n) is 11.5. The molecular weight excluding hydrogens is 416 g/mol. The van der Waals surface area contributed by atoms with Crippen molar-refractivity contribution < 1.29 is 4.79 Å². The van der Waals surface area contributed by atoms with Gasteiger partial charge in [-0.1, -0.05) is 133 Å². The molecule has 0 radical (unpaired) electrons. The van der Waals surface area contributed by atoms with E-state index in [9.17, 15) is 4.79 Å². The number of benzene rings is 4. The van der Waals surface area contributed by atoms with Crippen molar-refractivity contribution in [2.45, 2.75) is 19.0 Å². The van der Waals surface area contributed by atoms with Crippen molar-refractivity contribution in [1.29, 1.82) is 0 Å². The van der Waals surface area contributed by atoms with E-state index in [0.29, 0.717) is 13.0 Å². The maximum Gasteiger partial charge on any atom is 0.245 e. The first-order chi connectivity index (χ1) is 16.8. The smallest absolute Gasteiger partial charge is 0.245 e. The van der Waals surface area contributed by atoms with Gasteiger partial charge in [-0.2, -0.15) is 0 Å². The summed E-state index contributed by atoms with van der Waals surface area (Å²) in [6, 6.07) is 39.5. The second kappa shape index (κ2) is 12.1. The number of aliphatic imine (C=N–C) groups is 1. The van der Waals surface area contributed by atoms with Crippen molar-refractivity contribution in [2.24, 2.45) is 4.99 Å². The summed E-state index contributed by atoms with van der Waals surface area (Å²) in [6.07, 6.45) is 4.57. The molecular formula is C31H28N2O. The Hall–Kier alpha value is -4.24. The molecule has 1 amide bonds. The molecule has 0 unspecified atom stereocenters. The summed E-state index contributed by atoms with van der Waals surface area (Å²) in [7, 11) is 0. The number of carbonyl (C=O) groups excluding carboxylic acids is 1. The summed E-state index contributed by atoms with van der Waals surface area (Å²) in [5.74, 6) is -0.0917. The van der Waals surface area contributed by atoms with E-state index in [0.717, 1.165) is 28.0 Å². The number of nitrogens with one attached hydrogen (secondary N) is 1. The van der Waals surface area contributed by atoms with Gasteiger partial charge in [-0.3, -0.25) is 9.79 Å². The van der Waals surface area contributed by atoms with Gasteiger partial charge in [0.15, 0.2) is 0 Å². The molecule has 1 N–H and O–H groups in total. The third kappa shape index (κ3) is 6.63. The van der Waals surface area contributed by atoms with Crippen molar-refractivity contribution in [3.8, 4) is 0 Å². The SMILES string of the molecule is O=C(NCc1ccccc1)[C@H](C/C=C/c1ccccc1)N=C(c1ccccc1)c1ccccc1. The molecule has 168 valence electrons. The van der Waals surface area contributed by atoms with Gasteiger partial charge in [-0.25, -0.2) is 0 Å². The van der Waals surface area contributed by atoms with Crippen LogP contribution in [0, 0.1) is 0 Å². The average molecular weight is 445 g/mol. The minimum absolute atomic E-state index is 0.0917. The van der Waals surface area contributed by atoms with Crippen molar-refractivity contribution in [2.75, 3.05) is 0 Å². The zero-order chi connectivity index (χ0) is 23.4. The van der Waals surface area contributed by atoms with E-state index in [-0.39, 0.29) is 5.91 Å². The van der Waals surface area contributed by atoms with Gasteiger partial charge >= 0.3 is 0 Å². The van der Waals surface area contributed by atoms with E-state index in [1.54, 1.807) is 0 Å². The van der Waals surface area contributed by atoms with Crippen molar-refractivity contribution >= 4 is 17.7 Å². The molecule has 4 aromatic carbocycles. The predicted molar refractivity (Wildman–Crippen MR) is 141 cm³/mol. The molecule has 0 aliphatic carbocycles. The van der Waals surface area contributed by atoms with Gasteiger partial charge in [0, 0.05) is 17.7 Å². The summed E-state index contributed by atoms with van der Waals surface area (Å²) in [6.45, 7) is 0.472. The molecule has 34 heavy (non-hydrogen) atoms. The number of carbonyl (C=O) groups is 1. The zero-order valence-electron chi connectivity index (χ0n) is 19.0. The van der Waals surface area contributed by atoms with Crippen LogP contribution in [-0.4, -0.2) is 17.7 Å². The van der Waals surface area contributed by atoms with Crippen LogP contribution in [-0.2, 0) is 11.3 Å². The Balaban J connectivity index is 1.63. The average Bonchev–Trinajstić information content (AvgIpc) is 2.91. The van der Waals surface area contributed by atoms with Crippen LogP contribution >= 0.6 is 0 Å². The van der Waals surface area contributed by atoms with Gasteiger partial charge < -0.3 is 5.32 Å². The molecule has 0 fully saturated rings. The summed E-state index contributed by atoms with van der Waals surface area (Å²) < 4.78 is 0. The van der Waals surface area contributed by atoms with E-state index in [1.165, 1.54) is 0 Å². The second-order valence-corrected chi connectivity index (χ2v) is 7.98. The Morgan fingerprint density at radius 2 is 1.21 bits per heavy atom. The Kier molecular flexibility index (Phi) is 8.18. The number of hydrogen-bond donors (Lipinski definition) is 1. The van der Waals surface area contributed by atoms with Crippen LogP contribution in [0.15, 0.2) is 132 Å². The van der Waals surface area contributed by atoms with Gasteiger partial charge in [0.1, 0.15) is 6.04 Å². The third-order valence-corrected chi connectivity index (χ3v) is 5.46. The lowest BCUT2D eigenvalue weighted by atomic mass is 10.0. The molecule has 0 spiro atoms. The van der Waals surface area contributed by atoms with E-state index in [2.05, 4.69) is 5.32 Å². The van der Waals surface area contributed by atoms with Crippen LogP contribution in [0.1, 0.15) is 28.7 Å². The fourth-order valence-corrected chi connectivity index (χ4v) is 3.68. The van der Waals surface area contributed by atoms with Crippen LogP contribution in [0.25, 0.3) is 6.08 Å². The summed E-state index contributed by atoms with van der Waals surface area (Å²) >= 11 is 0. The lowest BCUT2D eigenvalue weighted by Crippen LogP contribution is -2.33. The number of hydrogen-bond acceptors (Lipinski definition) is 2. The molecule has 0 aliphatic heterocycles. The minimum Gasteiger partial charge on any atom is -0.350 e. The topological polar surface area (TPSA) is 41.5 Å². The Morgan fingerprint density at radius 3 is 1.76 bits per heavy atom. The van der Waals surface area contributed by atoms with E-state index >= 15 is 0 Å². The fourth-order valence-electron chi connectivity index (χ4n) is 3.68. The summed E-state index contributed by atoms with van der Waals surface area (Å²) in [5.41, 5.74) is 4.95. The van der Waals surface area contributed by atoms with Gasteiger partial charge in [0.2, 0.25) is 5.91 Å². The van der Waals surface area contributed by atoms with Gasteiger partial charge in [-0.05, 0) is 17.5 Å². The number of amides is 1. The van der Waals surface area contributed by atoms with Crippen molar-refractivity contribution in [3.05, 3.63) is 150 Å². The first-order valence-corrected chi connectivity index (χ1v) is 11.5. The van der Waals surface area contributed by atoms with Gasteiger partial charge in [-0.15, -0.1) is 0 Å². The summed E-state index contributed by atoms with van der Waals surface area (Å²) in [5, 5.41) is 3.08.